The number of ether oxygens (including phenoxy) is 2. The van der Waals surface area contributed by atoms with Crippen LogP contribution in [0.15, 0.2) is 18.2 Å². The van der Waals surface area contributed by atoms with Crippen molar-refractivity contribution in [3.05, 3.63) is 23.8 Å². The van der Waals surface area contributed by atoms with Gasteiger partial charge in [-0.25, -0.2) is 0 Å². The van der Waals surface area contributed by atoms with Gasteiger partial charge >= 0.3 is 0 Å². The van der Waals surface area contributed by atoms with E-state index in [9.17, 15) is 25.5 Å². The minimum Gasteiger partial charge on any atom is -0.504 e. The van der Waals surface area contributed by atoms with Gasteiger partial charge in [0.2, 0.25) is 0 Å². The molecule has 0 saturated carbocycles. The molecule has 8 heteroatoms. The highest BCUT2D eigenvalue weighted by Crippen LogP contribution is 2.25. The van der Waals surface area contributed by atoms with Crippen molar-refractivity contribution in [2.24, 2.45) is 0 Å². The first-order chi connectivity index (χ1) is 10.4. The zero-order valence-electron chi connectivity index (χ0n) is 11.7. The number of hydrogen-bond acceptors (Lipinski definition) is 8. The number of phenols is 2. The molecule has 0 unspecified atom stereocenters. The standard InChI is InChI=1S/C14H20O8/c15-6-10-11(18)12(19)13(20)14(22-10)21-4-3-7-1-2-8(16)9(17)5-7/h1-2,5,10-20H,3-4,6H2/t10-,11-,12+,13+,14-/m1/s1. The van der Waals surface area contributed by atoms with E-state index in [1.165, 1.54) is 12.1 Å². The number of aromatic hydroxyl groups is 2. The fraction of sp³-hybridized carbons (Fsp3) is 0.571. The van der Waals surface area contributed by atoms with Gasteiger partial charge in [-0.2, -0.15) is 0 Å². The summed E-state index contributed by atoms with van der Waals surface area (Å²) in [4.78, 5) is 0. The molecule has 1 aromatic carbocycles. The largest absolute Gasteiger partial charge is 0.504 e. The van der Waals surface area contributed by atoms with Crippen molar-refractivity contribution in [2.45, 2.75) is 37.1 Å². The summed E-state index contributed by atoms with van der Waals surface area (Å²) < 4.78 is 10.5. The molecular weight excluding hydrogens is 296 g/mol. The van der Waals surface area contributed by atoms with Crippen molar-refractivity contribution in [1.82, 2.24) is 0 Å². The van der Waals surface area contributed by atoms with Gasteiger partial charge in [0.05, 0.1) is 13.2 Å². The van der Waals surface area contributed by atoms with Crippen LogP contribution in [0, 0.1) is 0 Å². The van der Waals surface area contributed by atoms with Gasteiger partial charge < -0.3 is 40.1 Å². The number of phenolic OH excluding ortho intramolecular Hbond substituents is 2. The Morgan fingerprint density at radius 1 is 1.00 bits per heavy atom. The molecule has 8 nitrogen and oxygen atoms in total. The lowest BCUT2D eigenvalue weighted by Gasteiger charge is -2.39. The molecule has 6 N–H and O–H groups in total. The van der Waals surface area contributed by atoms with Gasteiger partial charge in [-0.3, -0.25) is 0 Å². The summed E-state index contributed by atoms with van der Waals surface area (Å²) in [6, 6.07) is 4.33. The predicted octanol–water partition coefficient (Wildman–Crippen LogP) is -1.54. The molecule has 1 fully saturated rings. The van der Waals surface area contributed by atoms with E-state index in [-0.39, 0.29) is 18.1 Å². The van der Waals surface area contributed by atoms with E-state index in [0.717, 1.165) is 0 Å². The normalized spacial score (nSPS) is 32.1. The molecule has 124 valence electrons. The SMILES string of the molecule is OC[C@H]1O[C@@H](OCCc2ccc(O)c(O)c2)[C@@H](O)[C@@H](O)[C@@H]1O. The van der Waals surface area contributed by atoms with E-state index >= 15 is 0 Å². The number of aliphatic hydroxyl groups is 4. The van der Waals surface area contributed by atoms with Gasteiger partial charge in [0.15, 0.2) is 17.8 Å². The molecule has 0 aliphatic carbocycles. The second kappa shape index (κ2) is 7.23. The second-order valence-electron chi connectivity index (χ2n) is 5.14. The molecule has 5 atom stereocenters. The maximum Gasteiger partial charge on any atom is 0.186 e. The third kappa shape index (κ3) is 3.67. The molecule has 0 radical (unpaired) electrons. The van der Waals surface area contributed by atoms with Crippen LogP contribution in [0.25, 0.3) is 0 Å². The first-order valence-corrected chi connectivity index (χ1v) is 6.87. The molecule has 1 aliphatic heterocycles. The Hall–Kier alpha value is -1.42. The lowest BCUT2D eigenvalue weighted by atomic mass is 9.99. The van der Waals surface area contributed by atoms with Crippen LogP contribution < -0.4 is 0 Å². The van der Waals surface area contributed by atoms with Gasteiger partial charge in [0.1, 0.15) is 24.4 Å². The fourth-order valence-electron chi connectivity index (χ4n) is 2.22. The predicted molar refractivity (Wildman–Crippen MR) is 73.2 cm³/mol. The fourth-order valence-corrected chi connectivity index (χ4v) is 2.22. The molecule has 1 aromatic rings. The van der Waals surface area contributed by atoms with E-state index in [1.807, 2.05) is 0 Å². The van der Waals surface area contributed by atoms with Crippen molar-refractivity contribution in [3.8, 4) is 11.5 Å². The lowest BCUT2D eigenvalue weighted by Crippen LogP contribution is -2.59. The van der Waals surface area contributed by atoms with Crippen LogP contribution in [-0.2, 0) is 15.9 Å². The minimum atomic E-state index is -1.48. The molecule has 0 aromatic heterocycles. The van der Waals surface area contributed by atoms with Crippen molar-refractivity contribution >= 4 is 0 Å². The molecular formula is C14H20O8. The Bertz CT molecular complexity index is 492. The number of aliphatic hydroxyl groups excluding tert-OH is 4. The summed E-state index contributed by atoms with van der Waals surface area (Å²) in [6.07, 6.45) is -6.17. The van der Waals surface area contributed by atoms with Crippen molar-refractivity contribution in [1.29, 1.82) is 0 Å². The average Bonchev–Trinajstić information content (AvgIpc) is 2.51. The Balaban J connectivity index is 1.88. The van der Waals surface area contributed by atoms with Gasteiger partial charge in [-0.15, -0.1) is 0 Å². The summed E-state index contributed by atoms with van der Waals surface area (Å²) in [5.41, 5.74) is 0.694. The summed E-state index contributed by atoms with van der Waals surface area (Å²) in [5, 5.41) is 56.7. The number of rotatable bonds is 5. The number of hydrogen-bond donors (Lipinski definition) is 6. The van der Waals surface area contributed by atoms with Gasteiger partial charge in [0, 0.05) is 0 Å². The van der Waals surface area contributed by atoms with Crippen LogP contribution in [0.1, 0.15) is 5.56 Å². The van der Waals surface area contributed by atoms with Gasteiger partial charge in [0.25, 0.3) is 0 Å². The van der Waals surface area contributed by atoms with E-state index in [4.69, 9.17) is 14.6 Å². The van der Waals surface area contributed by atoms with Crippen molar-refractivity contribution in [3.63, 3.8) is 0 Å². The second-order valence-corrected chi connectivity index (χ2v) is 5.14. The summed E-state index contributed by atoms with van der Waals surface area (Å²) in [5.74, 6) is -0.469. The molecule has 0 amide bonds. The third-order valence-electron chi connectivity index (χ3n) is 3.56. The van der Waals surface area contributed by atoms with E-state index in [2.05, 4.69) is 0 Å². The highest BCUT2D eigenvalue weighted by Gasteiger charge is 2.43. The maximum atomic E-state index is 9.78. The molecule has 22 heavy (non-hydrogen) atoms. The number of benzene rings is 1. The van der Waals surface area contributed by atoms with Gasteiger partial charge in [-0.1, -0.05) is 6.07 Å². The van der Waals surface area contributed by atoms with Crippen LogP contribution in [-0.4, -0.2) is 74.6 Å². The Labute approximate surface area is 126 Å². The molecule has 2 rings (SSSR count). The highest BCUT2D eigenvalue weighted by atomic mass is 16.7. The summed E-state index contributed by atoms with van der Waals surface area (Å²) in [7, 11) is 0. The highest BCUT2D eigenvalue weighted by molar-refractivity contribution is 5.40. The van der Waals surface area contributed by atoms with E-state index < -0.39 is 37.3 Å². The van der Waals surface area contributed by atoms with Gasteiger partial charge in [-0.05, 0) is 24.1 Å². The maximum absolute atomic E-state index is 9.78. The zero-order chi connectivity index (χ0) is 16.3. The lowest BCUT2D eigenvalue weighted by molar-refractivity contribution is -0.300. The monoisotopic (exact) mass is 316 g/mol. The topological polar surface area (TPSA) is 140 Å². The molecule has 0 spiro atoms. The van der Waals surface area contributed by atoms with Crippen LogP contribution in [0.4, 0.5) is 0 Å². The van der Waals surface area contributed by atoms with Crippen LogP contribution in [0.3, 0.4) is 0 Å². The summed E-state index contributed by atoms with van der Waals surface area (Å²) >= 11 is 0. The molecule has 1 aliphatic rings. The van der Waals surface area contributed by atoms with Crippen LogP contribution >= 0.6 is 0 Å². The van der Waals surface area contributed by atoms with Crippen LogP contribution in [0.2, 0.25) is 0 Å². The quantitative estimate of drug-likeness (QED) is 0.359. The Morgan fingerprint density at radius 3 is 2.36 bits per heavy atom. The smallest absolute Gasteiger partial charge is 0.186 e. The minimum absolute atomic E-state index is 0.104. The van der Waals surface area contributed by atoms with Crippen molar-refractivity contribution < 1.29 is 40.1 Å². The molecule has 1 heterocycles. The van der Waals surface area contributed by atoms with E-state index in [0.29, 0.717) is 12.0 Å². The summed E-state index contributed by atoms with van der Waals surface area (Å²) in [6.45, 7) is -0.413. The first kappa shape index (κ1) is 16.9. The third-order valence-corrected chi connectivity index (χ3v) is 3.56. The average molecular weight is 316 g/mol. The Kier molecular flexibility index (Phi) is 5.57. The zero-order valence-corrected chi connectivity index (χ0v) is 11.7. The van der Waals surface area contributed by atoms with Crippen molar-refractivity contribution in [2.75, 3.05) is 13.2 Å². The first-order valence-electron chi connectivity index (χ1n) is 6.87. The molecule has 0 bridgehead atoms. The Morgan fingerprint density at radius 2 is 1.73 bits per heavy atom. The molecule has 1 saturated heterocycles. The van der Waals surface area contributed by atoms with Crippen LogP contribution in [0.5, 0.6) is 11.5 Å². The van der Waals surface area contributed by atoms with E-state index in [1.54, 1.807) is 6.07 Å².